The second kappa shape index (κ2) is 7.36. The molecule has 0 aliphatic carbocycles. The van der Waals surface area contributed by atoms with Crippen molar-refractivity contribution in [2.45, 2.75) is 20.3 Å². The van der Waals surface area contributed by atoms with Gasteiger partial charge in [0, 0.05) is 26.4 Å². The number of aryl methyl sites for hydroxylation is 2. The van der Waals surface area contributed by atoms with E-state index in [1.807, 2.05) is 37.3 Å². The Balaban J connectivity index is 1.56. The van der Waals surface area contributed by atoms with E-state index in [1.165, 1.54) is 22.5 Å². The molecule has 5 heteroatoms. The van der Waals surface area contributed by atoms with Gasteiger partial charge in [-0.1, -0.05) is 42.0 Å². The van der Waals surface area contributed by atoms with Gasteiger partial charge in [0.15, 0.2) is 5.43 Å². The van der Waals surface area contributed by atoms with Crippen LogP contribution in [0.4, 0.5) is 0 Å². The van der Waals surface area contributed by atoms with Crippen LogP contribution in [0.25, 0.3) is 36.7 Å². The van der Waals surface area contributed by atoms with Crippen LogP contribution in [-0.4, -0.2) is 9.38 Å². The molecule has 0 unspecified atom stereocenters. The molecule has 3 heterocycles. The predicted molar refractivity (Wildman–Crippen MR) is 137 cm³/mol. The Morgan fingerprint density at radius 1 is 0.758 bits per heavy atom. The molecule has 4 nitrogen and oxygen atoms in total. The zero-order valence-electron chi connectivity index (χ0n) is 18.3. The van der Waals surface area contributed by atoms with Crippen LogP contribution >= 0.6 is 11.3 Å². The van der Waals surface area contributed by atoms with E-state index in [9.17, 15) is 9.59 Å². The van der Waals surface area contributed by atoms with Gasteiger partial charge in [-0.2, -0.15) is 0 Å². The number of nitrogens with zero attached hydrogens (tertiary/aromatic N) is 2. The lowest BCUT2D eigenvalue weighted by Crippen LogP contribution is -2.15. The van der Waals surface area contributed by atoms with Crippen LogP contribution in [0, 0.1) is 13.8 Å². The average molecular weight is 449 g/mol. The number of benzene rings is 3. The van der Waals surface area contributed by atoms with E-state index >= 15 is 0 Å². The fourth-order valence-corrected chi connectivity index (χ4v) is 5.43. The minimum absolute atomic E-state index is 0.0164. The van der Waals surface area contributed by atoms with Gasteiger partial charge in [-0.25, -0.2) is 4.98 Å². The third kappa shape index (κ3) is 3.33. The number of pyridine rings is 1. The maximum atomic E-state index is 13.5. The SMILES string of the molecule is Cc1ccc(Cc2ccc3sc4cc5c(=O)n6cc(C)ccc6nc5cc4c(=O)c3c2)cc1. The Hall–Kier alpha value is -3.83. The first-order chi connectivity index (χ1) is 16.0. The Morgan fingerprint density at radius 2 is 1.48 bits per heavy atom. The first kappa shape index (κ1) is 19.8. The molecule has 0 saturated heterocycles. The highest BCUT2D eigenvalue weighted by Gasteiger charge is 2.12. The summed E-state index contributed by atoms with van der Waals surface area (Å²) in [5, 5.41) is 1.84. The van der Waals surface area contributed by atoms with Crippen LogP contribution < -0.4 is 11.0 Å². The van der Waals surface area contributed by atoms with Crippen molar-refractivity contribution in [1.29, 1.82) is 0 Å². The quantitative estimate of drug-likeness (QED) is 0.315. The van der Waals surface area contributed by atoms with Gasteiger partial charge in [0.2, 0.25) is 0 Å². The van der Waals surface area contributed by atoms with E-state index in [0.717, 1.165) is 26.9 Å². The van der Waals surface area contributed by atoms with Gasteiger partial charge in [-0.3, -0.25) is 14.0 Å². The molecule has 0 spiro atoms. The van der Waals surface area contributed by atoms with Crippen LogP contribution in [0.15, 0.2) is 82.5 Å². The minimum atomic E-state index is -0.117. The van der Waals surface area contributed by atoms with E-state index < -0.39 is 0 Å². The third-order valence-corrected chi connectivity index (χ3v) is 7.27. The summed E-state index contributed by atoms with van der Waals surface area (Å²) >= 11 is 1.54. The number of rotatable bonds is 2. The minimum Gasteiger partial charge on any atom is -0.289 e. The molecule has 0 bridgehead atoms. The van der Waals surface area contributed by atoms with Crippen molar-refractivity contribution in [3.63, 3.8) is 0 Å². The summed E-state index contributed by atoms with van der Waals surface area (Å²) in [5.41, 5.74) is 5.54. The highest BCUT2D eigenvalue weighted by Crippen LogP contribution is 2.28. The van der Waals surface area contributed by atoms with Crippen LogP contribution in [-0.2, 0) is 6.42 Å². The number of aromatic nitrogens is 2. The molecule has 0 aliphatic rings. The zero-order chi connectivity index (χ0) is 22.7. The van der Waals surface area contributed by atoms with Gasteiger partial charge in [0.05, 0.1) is 10.9 Å². The van der Waals surface area contributed by atoms with Gasteiger partial charge >= 0.3 is 0 Å². The van der Waals surface area contributed by atoms with Crippen LogP contribution in [0.1, 0.15) is 22.3 Å². The van der Waals surface area contributed by atoms with Crippen molar-refractivity contribution in [3.05, 3.63) is 116 Å². The molecule has 3 aromatic carbocycles. The molecule has 6 rings (SSSR count). The monoisotopic (exact) mass is 448 g/mol. The van der Waals surface area contributed by atoms with Gasteiger partial charge < -0.3 is 0 Å². The highest BCUT2D eigenvalue weighted by atomic mass is 32.1. The predicted octanol–water partition coefficient (Wildman–Crippen LogP) is 5.78. The second-order valence-electron chi connectivity index (χ2n) is 8.64. The Kier molecular flexibility index (Phi) is 4.42. The van der Waals surface area contributed by atoms with Crippen LogP contribution in [0.2, 0.25) is 0 Å². The van der Waals surface area contributed by atoms with E-state index in [2.05, 4.69) is 42.2 Å². The lowest BCUT2D eigenvalue weighted by molar-refractivity contribution is 1.06. The van der Waals surface area contributed by atoms with E-state index in [-0.39, 0.29) is 11.0 Å². The maximum absolute atomic E-state index is 13.5. The van der Waals surface area contributed by atoms with Crippen molar-refractivity contribution in [2.75, 3.05) is 0 Å². The van der Waals surface area contributed by atoms with Gasteiger partial charge in [-0.15, -0.1) is 11.3 Å². The summed E-state index contributed by atoms with van der Waals surface area (Å²) in [6.07, 6.45) is 2.58. The van der Waals surface area contributed by atoms with Gasteiger partial charge in [0.25, 0.3) is 5.56 Å². The molecule has 0 radical (unpaired) electrons. The molecule has 0 fully saturated rings. The fourth-order valence-electron chi connectivity index (χ4n) is 4.36. The molecule has 160 valence electrons. The highest BCUT2D eigenvalue weighted by molar-refractivity contribution is 7.24. The van der Waals surface area contributed by atoms with E-state index in [4.69, 9.17) is 0 Å². The zero-order valence-corrected chi connectivity index (χ0v) is 19.1. The molecular formula is C28H20N2O2S. The van der Waals surface area contributed by atoms with Crippen molar-refractivity contribution in [2.24, 2.45) is 0 Å². The normalized spacial score (nSPS) is 11.7. The number of hydrogen-bond acceptors (Lipinski definition) is 4. The lowest BCUT2D eigenvalue weighted by Gasteiger charge is -2.08. The lowest BCUT2D eigenvalue weighted by atomic mass is 10.0. The summed E-state index contributed by atoms with van der Waals surface area (Å²) in [7, 11) is 0. The molecule has 6 aromatic rings. The third-order valence-electron chi connectivity index (χ3n) is 6.14. The summed E-state index contributed by atoms with van der Waals surface area (Å²) in [5.74, 6) is 0. The van der Waals surface area contributed by atoms with Crippen LogP contribution in [0.5, 0.6) is 0 Å². The molecule has 0 saturated carbocycles. The molecule has 3 aromatic heterocycles. The van der Waals surface area contributed by atoms with Gasteiger partial charge in [-0.05, 0) is 67.3 Å². The second-order valence-corrected chi connectivity index (χ2v) is 9.72. The molecule has 0 N–H and O–H groups in total. The summed E-state index contributed by atoms with van der Waals surface area (Å²) < 4.78 is 3.30. The van der Waals surface area contributed by atoms with Crippen molar-refractivity contribution in [1.82, 2.24) is 9.38 Å². The standard InChI is InChI=1S/C28H20N2O2S/c1-16-3-6-18(7-4-16)11-19-8-9-24-21(12-19)27(31)22-13-23-20(14-25(22)33-24)28(32)30-15-17(2)5-10-26(30)29-23/h3-10,12-15H,11H2,1-2H3. The van der Waals surface area contributed by atoms with Crippen molar-refractivity contribution in [3.8, 4) is 0 Å². The Bertz CT molecular complexity index is 1850. The molecule has 0 aliphatic heterocycles. The molecular weight excluding hydrogens is 428 g/mol. The van der Waals surface area contributed by atoms with Gasteiger partial charge in [0.1, 0.15) is 5.65 Å². The van der Waals surface area contributed by atoms with Crippen LogP contribution in [0.3, 0.4) is 0 Å². The first-order valence-corrected chi connectivity index (χ1v) is 11.7. The largest absolute Gasteiger partial charge is 0.289 e. The van der Waals surface area contributed by atoms with E-state index in [0.29, 0.717) is 27.3 Å². The smallest absolute Gasteiger partial charge is 0.265 e. The Labute approximate surface area is 193 Å². The molecule has 0 atom stereocenters. The topological polar surface area (TPSA) is 51.4 Å². The van der Waals surface area contributed by atoms with Crippen molar-refractivity contribution < 1.29 is 0 Å². The summed E-state index contributed by atoms with van der Waals surface area (Å²) in [6.45, 7) is 4.02. The number of fused-ring (bicyclic) bond motifs is 4. The van der Waals surface area contributed by atoms with E-state index in [1.54, 1.807) is 16.7 Å². The fraction of sp³-hybridized carbons (Fsp3) is 0.107. The Morgan fingerprint density at radius 3 is 2.30 bits per heavy atom. The van der Waals surface area contributed by atoms with Crippen molar-refractivity contribution >= 4 is 48.1 Å². The average Bonchev–Trinajstić information content (AvgIpc) is 2.81. The maximum Gasteiger partial charge on any atom is 0.265 e. The first-order valence-electron chi connectivity index (χ1n) is 10.8. The molecule has 0 amide bonds. The molecule has 33 heavy (non-hydrogen) atoms. The summed E-state index contributed by atoms with van der Waals surface area (Å²) in [6, 6.07) is 21.9. The number of hydrogen-bond donors (Lipinski definition) is 0. The summed E-state index contributed by atoms with van der Waals surface area (Å²) in [4.78, 5) is 31.3.